The maximum atomic E-state index is 12.3. The van der Waals surface area contributed by atoms with Gasteiger partial charge in [-0.25, -0.2) is 10.9 Å². The SMILES string of the molecule is Cc1ccc(C2CC(C(=O)NCCc3ccc4c(c3)OCO4)NN2)o1. The Hall–Kier alpha value is -2.51. The first-order valence-corrected chi connectivity index (χ1v) is 8.42. The van der Waals surface area contributed by atoms with Crippen molar-refractivity contribution in [3.8, 4) is 11.5 Å². The number of hydrogen-bond donors (Lipinski definition) is 3. The predicted molar refractivity (Wildman–Crippen MR) is 90.1 cm³/mol. The van der Waals surface area contributed by atoms with Crippen LogP contribution >= 0.6 is 0 Å². The minimum atomic E-state index is -0.271. The van der Waals surface area contributed by atoms with E-state index in [1.54, 1.807) is 0 Å². The van der Waals surface area contributed by atoms with Gasteiger partial charge in [-0.05, 0) is 49.6 Å². The third-order valence-corrected chi connectivity index (χ3v) is 4.47. The lowest BCUT2D eigenvalue weighted by molar-refractivity contribution is -0.122. The summed E-state index contributed by atoms with van der Waals surface area (Å²) in [6, 6.07) is 9.46. The molecule has 0 radical (unpaired) electrons. The molecular weight excluding hydrogens is 322 g/mol. The quantitative estimate of drug-likeness (QED) is 0.764. The molecule has 7 heteroatoms. The molecule has 1 saturated heterocycles. The lowest BCUT2D eigenvalue weighted by Gasteiger charge is -2.10. The molecule has 2 atom stereocenters. The molecule has 3 N–H and O–H groups in total. The van der Waals surface area contributed by atoms with Crippen molar-refractivity contribution in [3.05, 3.63) is 47.4 Å². The van der Waals surface area contributed by atoms with Crippen LogP contribution < -0.4 is 25.6 Å². The molecule has 1 fully saturated rings. The van der Waals surface area contributed by atoms with Crippen molar-refractivity contribution in [1.82, 2.24) is 16.2 Å². The van der Waals surface area contributed by atoms with Crippen molar-refractivity contribution in [1.29, 1.82) is 0 Å². The van der Waals surface area contributed by atoms with E-state index in [1.807, 2.05) is 37.3 Å². The lowest BCUT2D eigenvalue weighted by Crippen LogP contribution is -2.43. The Bertz CT molecular complexity index is 773. The fourth-order valence-corrected chi connectivity index (χ4v) is 3.11. The summed E-state index contributed by atoms with van der Waals surface area (Å²) in [5, 5.41) is 2.97. The highest BCUT2D eigenvalue weighted by Gasteiger charge is 2.31. The van der Waals surface area contributed by atoms with E-state index in [4.69, 9.17) is 13.9 Å². The summed E-state index contributed by atoms with van der Waals surface area (Å²) in [4.78, 5) is 12.3. The van der Waals surface area contributed by atoms with Gasteiger partial charge in [0.2, 0.25) is 12.7 Å². The van der Waals surface area contributed by atoms with E-state index in [2.05, 4.69) is 16.2 Å². The number of furan rings is 1. The van der Waals surface area contributed by atoms with Crippen LogP contribution in [0.2, 0.25) is 0 Å². The number of hydrazine groups is 1. The van der Waals surface area contributed by atoms with E-state index in [0.717, 1.165) is 35.0 Å². The molecule has 1 aromatic carbocycles. The summed E-state index contributed by atoms with van der Waals surface area (Å²) in [5.41, 5.74) is 7.26. The van der Waals surface area contributed by atoms with Crippen molar-refractivity contribution in [2.75, 3.05) is 13.3 Å². The second kappa shape index (κ2) is 6.78. The van der Waals surface area contributed by atoms with Crippen LogP contribution in [0, 0.1) is 6.92 Å². The first-order valence-electron chi connectivity index (χ1n) is 8.42. The molecule has 25 heavy (non-hydrogen) atoms. The van der Waals surface area contributed by atoms with Gasteiger partial charge in [0.1, 0.15) is 17.6 Å². The van der Waals surface area contributed by atoms with Gasteiger partial charge in [-0.2, -0.15) is 0 Å². The Balaban J connectivity index is 1.25. The summed E-state index contributed by atoms with van der Waals surface area (Å²) in [6.45, 7) is 2.75. The van der Waals surface area contributed by atoms with Crippen LogP contribution in [0.3, 0.4) is 0 Å². The largest absolute Gasteiger partial charge is 0.465 e. The van der Waals surface area contributed by atoms with Gasteiger partial charge in [0.15, 0.2) is 11.5 Å². The molecule has 2 aliphatic rings. The van der Waals surface area contributed by atoms with Crippen molar-refractivity contribution < 1.29 is 18.7 Å². The Morgan fingerprint density at radius 1 is 1.20 bits per heavy atom. The van der Waals surface area contributed by atoms with Crippen LogP contribution in [0.25, 0.3) is 0 Å². The molecule has 0 spiro atoms. The smallest absolute Gasteiger partial charge is 0.238 e. The summed E-state index contributed by atoms with van der Waals surface area (Å²) in [6.07, 6.45) is 1.39. The standard InChI is InChI=1S/C18H21N3O4/c1-11-2-4-15(25-11)13-9-14(21-20-13)18(22)19-7-6-12-3-5-16-17(8-12)24-10-23-16/h2-5,8,13-14,20-21H,6-7,9-10H2,1H3,(H,19,22). The summed E-state index contributed by atoms with van der Waals surface area (Å²) in [5.74, 6) is 3.24. The molecule has 2 aromatic rings. The van der Waals surface area contributed by atoms with E-state index >= 15 is 0 Å². The van der Waals surface area contributed by atoms with Crippen molar-refractivity contribution in [2.24, 2.45) is 0 Å². The highest BCUT2D eigenvalue weighted by Crippen LogP contribution is 2.32. The number of rotatable bonds is 5. The molecule has 0 aliphatic carbocycles. The Morgan fingerprint density at radius 2 is 2.08 bits per heavy atom. The number of benzene rings is 1. The zero-order valence-electron chi connectivity index (χ0n) is 14.0. The van der Waals surface area contributed by atoms with Crippen LogP contribution in [0.4, 0.5) is 0 Å². The molecule has 2 unspecified atom stereocenters. The highest BCUT2D eigenvalue weighted by atomic mass is 16.7. The molecular formula is C18H21N3O4. The van der Waals surface area contributed by atoms with Crippen LogP contribution in [-0.4, -0.2) is 25.3 Å². The average Bonchev–Trinajstić information content (AvgIpc) is 3.34. The molecule has 0 bridgehead atoms. The Labute approximate surface area is 145 Å². The van der Waals surface area contributed by atoms with E-state index in [9.17, 15) is 4.79 Å². The van der Waals surface area contributed by atoms with Crippen molar-refractivity contribution in [2.45, 2.75) is 31.8 Å². The first kappa shape index (κ1) is 16.0. The van der Waals surface area contributed by atoms with Gasteiger partial charge in [0.05, 0.1) is 6.04 Å². The van der Waals surface area contributed by atoms with Crippen LogP contribution in [-0.2, 0) is 11.2 Å². The van der Waals surface area contributed by atoms with Crippen LogP contribution in [0.5, 0.6) is 11.5 Å². The van der Waals surface area contributed by atoms with Crippen LogP contribution in [0.15, 0.2) is 34.7 Å². The average molecular weight is 343 g/mol. The molecule has 2 aliphatic heterocycles. The number of fused-ring (bicyclic) bond motifs is 1. The van der Waals surface area contributed by atoms with Gasteiger partial charge in [-0.15, -0.1) is 0 Å². The molecule has 1 aromatic heterocycles. The van der Waals surface area contributed by atoms with Gasteiger partial charge in [0, 0.05) is 6.54 Å². The van der Waals surface area contributed by atoms with Crippen molar-refractivity contribution in [3.63, 3.8) is 0 Å². The second-order valence-corrected chi connectivity index (χ2v) is 6.31. The van der Waals surface area contributed by atoms with E-state index in [0.29, 0.717) is 13.0 Å². The minimum absolute atomic E-state index is 0.0123. The zero-order chi connectivity index (χ0) is 17.2. The number of carbonyl (C=O) groups is 1. The predicted octanol–water partition coefficient (Wildman–Crippen LogP) is 1.58. The highest BCUT2D eigenvalue weighted by molar-refractivity contribution is 5.82. The van der Waals surface area contributed by atoms with E-state index in [1.165, 1.54) is 0 Å². The minimum Gasteiger partial charge on any atom is -0.465 e. The summed E-state index contributed by atoms with van der Waals surface area (Å²) in [7, 11) is 0. The Morgan fingerprint density at radius 3 is 2.92 bits per heavy atom. The van der Waals surface area contributed by atoms with Gasteiger partial charge in [-0.1, -0.05) is 6.07 Å². The van der Waals surface area contributed by atoms with E-state index < -0.39 is 0 Å². The zero-order valence-corrected chi connectivity index (χ0v) is 14.0. The third-order valence-electron chi connectivity index (χ3n) is 4.47. The summed E-state index contributed by atoms with van der Waals surface area (Å²) >= 11 is 0. The number of aryl methyl sites for hydroxylation is 1. The van der Waals surface area contributed by atoms with Gasteiger partial charge >= 0.3 is 0 Å². The normalized spacial score (nSPS) is 21.5. The molecule has 132 valence electrons. The first-order chi connectivity index (χ1) is 12.2. The van der Waals surface area contributed by atoms with Gasteiger partial charge in [0.25, 0.3) is 0 Å². The molecule has 1 amide bonds. The maximum Gasteiger partial charge on any atom is 0.238 e. The molecule has 7 nitrogen and oxygen atoms in total. The maximum absolute atomic E-state index is 12.3. The number of amides is 1. The van der Waals surface area contributed by atoms with Crippen molar-refractivity contribution >= 4 is 5.91 Å². The third kappa shape index (κ3) is 3.47. The van der Waals surface area contributed by atoms with Gasteiger partial charge < -0.3 is 19.2 Å². The molecule has 0 saturated carbocycles. The Kier molecular flexibility index (Phi) is 4.33. The number of carbonyl (C=O) groups excluding carboxylic acids is 1. The fraction of sp³-hybridized carbons (Fsp3) is 0.389. The molecule has 3 heterocycles. The topological polar surface area (TPSA) is 84.8 Å². The van der Waals surface area contributed by atoms with E-state index in [-0.39, 0.29) is 24.8 Å². The number of hydrogen-bond acceptors (Lipinski definition) is 6. The summed E-state index contributed by atoms with van der Waals surface area (Å²) < 4.78 is 16.3. The monoisotopic (exact) mass is 343 g/mol. The fourth-order valence-electron chi connectivity index (χ4n) is 3.11. The number of ether oxygens (including phenoxy) is 2. The number of nitrogens with one attached hydrogen (secondary N) is 3. The van der Waals surface area contributed by atoms with Gasteiger partial charge in [-0.3, -0.25) is 4.79 Å². The second-order valence-electron chi connectivity index (χ2n) is 6.31. The lowest BCUT2D eigenvalue weighted by atomic mass is 10.1. The molecule has 4 rings (SSSR count). The van der Waals surface area contributed by atoms with Crippen LogP contribution in [0.1, 0.15) is 29.5 Å².